The Morgan fingerprint density at radius 3 is 3.05 bits per heavy atom. The van der Waals surface area contributed by atoms with E-state index in [4.69, 9.17) is 10.2 Å². The lowest BCUT2D eigenvalue weighted by atomic mass is 10.2. The summed E-state index contributed by atoms with van der Waals surface area (Å²) >= 11 is 0. The van der Waals surface area contributed by atoms with E-state index >= 15 is 0 Å². The number of aromatic nitrogens is 2. The highest BCUT2D eigenvalue weighted by molar-refractivity contribution is 5.81. The molecule has 0 aliphatic rings. The first-order valence-corrected chi connectivity index (χ1v) is 5.78. The second-order valence-corrected chi connectivity index (χ2v) is 4.12. The van der Waals surface area contributed by atoms with Crippen LogP contribution in [0.4, 0.5) is 11.6 Å². The fourth-order valence-corrected chi connectivity index (χ4v) is 1.82. The van der Waals surface area contributed by atoms with Gasteiger partial charge >= 0.3 is 0 Å². The largest absolute Gasteiger partial charge is 0.467 e. The number of fused-ring (bicyclic) bond motifs is 1. The van der Waals surface area contributed by atoms with Crippen molar-refractivity contribution in [3.63, 3.8) is 0 Å². The number of nitrogens with one attached hydrogen (secondary N) is 2. The number of furan rings is 1. The zero-order valence-electron chi connectivity index (χ0n) is 10.0. The van der Waals surface area contributed by atoms with Gasteiger partial charge in [-0.2, -0.15) is 0 Å². The van der Waals surface area contributed by atoms with Gasteiger partial charge in [0.1, 0.15) is 5.76 Å². The maximum atomic E-state index is 11.9. The molecule has 4 N–H and O–H groups in total. The van der Waals surface area contributed by atoms with Gasteiger partial charge < -0.3 is 15.5 Å². The van der Waals surface area contributed by atoms with Gasteiger partial charge in [0.25, 0.3) is 5.56 Å². The molecular formula is C13H12N4O2. The summed E-state index contributed by atoms with van der Waals surface area (Å²) in [5.41, 5.74) is 6.56. The van der Waals surface area contributed by atoms with Gasteiger partial charge in [-0.15, -0.1) is 0 Å². The van der Waals surface area contributed by atoms with Gasteiger partial charge in [0.05, 0.1) is 23.7 Å². The summed E-state index contributed by atoms with van der Waals surface area (Å²) in [6.45, 7) is 0.455. The zero-order chi connectivity index (χ0) is 13.2. The van der Waals surface area contributed by atoms with E-state index in [1.165, 1.54) is 0 Å². The van der Waals surface area contributed by atoms with Gasteiger partial charge in [0, 0.05) is 5.69 Å². The van der Waals surface area contributed by atoms with Crippen LogP contribution < -0.4 is 16.6 Å². The molecule has 0 spiro atoms. The van der Waals surface area contributed by atoms with E-state index in [1.54, 1.807) is 30.5 Å². The number of nitrogen functional groups attached to an aromatic ring is 1. The van der Waals surface area contributed by atoms with Crippen LogP contribution in [0.2, 0.25) is 0 Å². The summed E-state index contributed by atoms with van der Waals surface area (Å²) in [5, 5.41) is 3.48. The molecule has 0 atom stereocenters. The summed E-state index contributed by atoms with van der Waals surface area (Å²) in [5.74, 6) is 1.17. The van der Waals surface area contributed by atoms with Crippen LogP contribution in [0.5, 0.6) is 0 Å². The van der Waals surface area contributed by atoms with Crippen LogP contribution in [0.3, 0.4) is 0 Å². The molecule has 0 fully saturated rings. The van der Waals surface area contributed by atoms with Crippen LogP contribution in [-0.4, -0.2) is 9.97 Å². The van der Waals surface area contributed by atoms with Crippen LogP contribution in [0.25, 0.3) is 10.9 Å². The van der Waals surface area contributed by atoms with Gasteiger partial charge in [-0.1, -0.05) is 0 Å². The predicted molar refractivity (Wildman–Crippen MR) is 72.8 cm³/mol. The van der Waals surface area contributed by atoms with E-state index in [1.807, 2.05) is 6.07 Å². The summed E-state index contributed by atoms with van der Waals surface area (Å²) in [6.07, 6.45) is 1.59. The van der Waals surface area contributed by atoms with E-state index in [2.05, 4.69) is 15.3 Å². The van der Waals surface area contributed by atoms with Crippen molar-refractivity contribution in [3.05, 3.63) is 52.7 Å². The molecule has 0 aliphatic heterocycles. The summed E-state index contributed by atoms with van der Waals surface area (Å²) in [4.78, 5) is 18.9. The molecule has 0 radical (unpaired) electrons. The number of H-pyrrole nitrogens is 1. The fraction of sp³-hybridized carbons (Fsp3) is 0.0769. The minimum atomic E-state index is -0.223. The van der Waals surface area contributed by atoms with Crippen LogP contribution in [0.15, 0.2) is 45.8 Å². The maximum absolute atomic E-state index is 11.9. The van der Waals surface area contributed by atoms with Gasteiger partial charge in [0.15, 0.2) is 0 Å². The molecule has 0 amide bonds. The van der Waals surface area contributed by atoms with E-state index in [0.29, 0.717) is 29.1 Å². The highest BCUT2D eigenvalue weighted by Gasteiger charge is 2.04. The predicted octanol–water partition coefficient (Wildman–Crippen LogP) is 1.71. The van der Waals surface area contributed by atoms with E-state index in [-0.39, 0.29) is 5.56 Å². The highest BCUT2D eigenvalue weighted by Crippen LogP contribution is 2.13. The summed E-state index contributed by atoms with van der Waals surface area (Å²) in [7, 11) is 0. The molecule has 0 unspecified atom stereocenters. The van der Waals surface area contributed by atoms with Crippen LogP contribution in [-0.2, 0) is 6.54 Å². The molecule has 1 aromatic carbocycles. The molecule has 6 nitrogen and oxygen atoms in total. The lowest BCUT2D eigenvalue weighted by molar-refractivity contribution is 0.517. The number of anilines is 2. The van der Waals surface area contributed by atoms with Gasteiger partial charge in [-0.3, -0.25) is 9.78 Å². The van der Waals surface area contributed by atoms with E-state index < -0.39 is 0 Å². The lowest BCUT2D eigenvalue weighted by Crippen LogP contribution is -2.13. The molecule has 96 valence electrons. The first-order valence-electron chi connectivity index (χ1n) is 5.78. The van der Waals surface area contributed by atoms with E-state index in [0.717, 1.165) is 5.76 Å². The summed E-state index contributed by atoms with van der Waals surface area (Å²) < 4.78 is 5.19. The Morgan fingerprint density at radius 1 is 1.37 bits per heavy atom. The molecule has 3 aromatic rings. The number of benzene rings is 1. The Labute approximate surface area is 108 Å². The standard InChI is InChI=1S/C13H12N4O2/c14-8-3-4-11-10(6-8)12(18)17-13(16-11)15-7-9-2-1-5-19-9/h1-6H,7,14H2,(H2,15,16,17,18). The second-order valence-electron chi connectivity index (χ2n) is 4.12. The minimum Gasteiger partial charge on any atom is -0.467 e. The topological polar surface area (TPSA) is 96.9 Å². The molecule has 2 aromatic heterocycles. The van der Waals surface area contributed by atoms with Crippen LogP contribution in [0.1, 0.15) is 5.76 Å². The average molecular weight is 256 g/mol. The number of nitrogens with zero attached hydrogens (tertiary/aromatic N) is 1. The zero-order valence-corrected chi connectivity index (χ0v) is 10.0. The number of rotatable bonds is 3. The summed E-state index contributed by atoms with van der Waals surface area (Å²) in [6, 6.07) is 8.68. The molecule has 19 heavy (non-hydrogen) atoms. The quantitative estimate of drug-likeness (QED) is 0.620. The number of nitrogens with two attached hydrogens (primary N) is 1. The van der Waals surface area contributed by atoms with Gasteiger partial charge in [0.2, 0.25) is 5.95 Å². The van der Waals surface area contributed by atoms with E-state index in [9.17, 15) is 4.79 Å². The number of aromatic amines is 1. The Kier molecular flexibility index (Phi) is 2.68. The van der Waals surface area contributed by atoms with Crippen molar-refractivity contribution >= 4 is 22.5 Å². The van der Waals surface area contributed by atoms with Gasteiger partial charge in [-0.05, 0) is 30.3 Å². The van der Waals surface area contributed by atoms with Crippen molar-refractivity contribution in [2.75, 3.05) is 11.1 Å². The SMILES string of the molecule is Nc1ccc2nc(NCc3ccco3)[nH]c(=O)c2c1. The van der Waals surface area contributed by atoms with Crippen molar-refractivity contribution in [1.82, 2.24) is 9.97 Å². The number of hydrogen-bond acceptors (Lipinski definition) is 5. The van der Waals surface area contributed by atoms with Crippen molar-refractivity contribution in [2.45, 2.75) is 6.54 Å². The van der Waals surface area contributed by atoms with Crippen molar-refractivity contribution < 1.29 is 4.42 Å². The Bertz CT molecular complexity index is 762. The lowest BCUT2D eigenvalue weighted by Gasteiger charge is -2.05. The monoisotopic (exact) mass is 256 g/mol. The van der Waals surface area contributed by atoms with Crippen molar-refractivity contribution in [1.29, 1.82) is 0 Å². The number of hydrogen-bond donors (Lipinski definition) is 3. The van der Waals surface area contributed by atoms with Crippen molar-refractivity contribution in [2.24, 2.45) is 0 Å². The molecule has 0 aliphatic carbocycles. The molecule has 0 saturated carbocycles. The molecule has 3 rings (SSSR count). The van der Waals surface area contributed by atoms with Crippen LogP contribution in [0, 0.1) is 0 Å². The van der Waals surface area contributed by atoms with Crippen LogP contribution >= 0.6 is 0 Å². The maximum Gasteiger partial charge on any atom is 0.260 e. The Balaban J connectivity index is 1.93. The first kappa shape index (κ1) is 11.3. The third-order valence-electron chi connectivity index (χ3n) is 2.74. The average Bonchev–Trinajstić information content (AvgIpc) is 2.90. The van der Waals surface area contributed by atoms with Crippen molar-refractivity contribution in [3.8, 4) is 0 Å². The second kappa shape index (κ2) is 4.49. The third kappa shape index (κ3) is 2.28. The molecular weight excluding hydrogens is 244 g/mol. The Hall–Kier alpha value is -2.76. The normalized spacial score (nSPS) is 10.7. The smallest absolute Gasteiger partial charge is 0.260 e. The third-order valence-corrected chi connectivity index (χ3v) is 2.74. The molecule has 6 heteroatoms. The fourth-order valence-electron chi connectivity index (χ4n) is 1.82. The molecule has 2 heterocycles. The minimum absolute atomic E-state index is 0.223. The Morgan fingerprint density at radius 2 is 2.26 bits per heavy atom. The van der Waals surface area contributed by atoms with Gasteiger partial charge in [-0.25, -0.2) is 4.98 Å². The highest BCUT2D eigenvalue weighted by atomic mass is 16.3. The first-order chi connectivity index (χ1) is 9.22. The molecule has 0 saturated heterocycles. The molecule has 0 bridgehead atoms.